The number of hydrogen-bond donors (Lipinski definition) is 2. The molecule has 0 fully saturated rings. The normalized spacial score (nSPS) is 14.0. The summed E-state index contributed by atoms with van der Waals surface area (Å²) in [6.07, 6.45) is 3.59. The highest BCUT2D eigenvalue weighted by Gasteiger charge is 2.28. The van der Waals surface area contributed by atoms with Gasteiger partial charge in [-0.15, -0.1) is 0 Å². The average molecular weight is 287 g/mol. The molecule has 0 saturated carbocycles. The van der Waals surface area contributed by atoms with Crippen LogP contribution in [0.4, 0.5) is 0 Å². The Hall–Kier alpha value is -2.11. The molecule has 0 aliphatic heterocycles. The minimum absolute atomic E-state index is 0.209. The van der Waals surface area contributed by atoms with Crippen molar-refractivity contribution in [3.63, 3.8) is 0 Å². The van der Waals surface area contributed by atoms with Crippen molar-refractivity contribution in [2.45, 2.75) is 32.3 Å². The van der Waals surface area contributed by atoms with Crippen LogP contribution in [0.15, 0.2) is 28.7 Å². The Balaban J connectivity index is 2.18. The van der Waals surface area contributed by atoms with E-state index in [4.69, 9.17) is 15.2 Å². The molecule has 0 saturated heterocycles. The largest absolute Gasteiger partial charge is 0.478 e. The molecule has 0 unspecified atom stereocenters. The van der Waals surface area contributed by atoms with Gasteiger partial charge in [0.1, 0.15) is 17.1 Å². The molecule has 1 aromatic carbocycles. The van der Waals surface area contributed by atoms with Crippen LogP contribution in [-0.2, 0) is 24.3 Å². The van der Waals surface area contributed by atoms with Crippen molar-refractivity contribution >= 4 is 5.97 Å². The lowest BCUT2D eigenvalue weighted by atomic mass is 9.93. The summed E-state index contributed by atoms with van der Waals surface area (Å²) in [6, 6.07) is 7.41. The maximum atomic E-state index is 11.7. The zero-order chi connectivity index (χ0) is 14.8. The van der Waals surface area contributed by atoms with E-state index in [1.807, 2.05) is 24.3 Å². The predicted molar refractivity (Wildman–Crippen MR) is 76.7 cm³/mol. The number of aromatic carboxylic acids is 1. The molecule has 0 bridgehead atoms. The summed E-state index contributed by atoms with van der Waals surface area (Å²) in [6.45, 7) is 0.209. The Kier molecular flexibility index (Phi) is 3.77. The topological polar surface area (TPSA) is 85.7 Å². The molecule has 3 N–H and O–H groups in total. The van der Waals surface area contributed by atoms with Crippen molar-refractivity contribution < 1.29 is 19.2 Å². The van der Waals surface area contributed by atoms with Crippen LogP contribution >= 0.6 is 0 Å². The highest BCUT2D eigenvalue weighted by Crippen LogP contribution is 2.37. The quantitative estimate of drug-likeness (QED) is 0.844. The molecule has 1 heterocycles. The van der Waals surface area contributed by atoms with Crippen LogP contribution < -0.4 is 5.90 Å². The van der Waals surface area contributed by atoms with Crippen LogP contribution in [0.25, 0.3) is 11.3 Å². The third-order valence-corrected chi connectivity index (χ3v) is 3.89. The van der Waals surface area contributed by atoms with E-state index in [1.165, 1.54) is 0 Å². The lowest BCUT2D eigenvalue weighted by molar-refractivity contribution is 0.0696. The number of furan rings is 1. The SMILES string of the molecule is NOCc1ccccc1-c1oc2c(c1C(=O)O)CCCC2. The molecular weight excluding hydrogens is 270 g/mol. The molecule has 2 aromatic rings. The number of hydrogen-bond acceptors (Lipinski definition) is 4. The Bertz CT molecular complexity index is 675. The number of carboxylic acid groups (broad SMARTS) is 1. The van der Waals surface area contributed by atoms with Crippen LogP contribution in [0.1, 0.15) is 40.1 Å². The summed E-state index contributed by atoms with van der Waals surface area (Å²) in [5.41, 5.74) is 2.67. The van der Waals surface area contributed by atoms with E-state index < -0.39 is 5.97 Å². The standard InChI is InChI=1S/C16H17NO4/c17-20-9-10-5-1-2-6-11(10)15-14(16(18)19)12-7-3-4-8-13(12)21-15/h1-2,5-6H,3-4,7-9,17H2,(H,18,19). The lowest BCUT2D eigenvalue weighted by Gasteiger charge is -2.09. The van der Waals surface area contributed by atoms with Crippen LogP contribution in [0, 0.1) is 0 Å². The molecule has 21 heavy (non-hydrogen) atoms. The Morgan fingerprint density at radius 1 is 1.29 bits per heavy atom. The van der Waals surface area contributed by atoms with Gasteiger partial charge in [-0.05, 0) is 24.8 Å². The number of benzene rings is 1. The first kappa shape index (κ1) is 13.9. The van der Waals surface area contributed by atoms with Gasteiger partial charge < -0.3 is 9.52 Å². The first-order chi connectivity index (χ1) is 10.2. The zero-order valence-electron chi connectivity index (χ0n) is 11.6. The predicted octanol–water partition coefficient (Wildman–Crippen LogP) is 2.91. The molecule has 0 radical (unpaired) electrons. The molecule has 3 rings (SSSR count). The number of nitrogens with two attached hydrogens (primary N) is 1. The summed E-state index contributed by atoms with van der Waals surface area (Å²) >= 11 is 0. The van der Waals surface area contributed by atoms with Gasteiger partial charge in [0.25, 0.3) is 0 Å². The van der Waals surface area contributed by atoms with Gasteiger partial charge in [-0.25, -0.2) is 10.7 Å². The highest BCUT2D eigenvalue weighted by molar-refractivity contribution is 5.97. The molecule has 110 valence electrons. The van der Waals surface area contributed by atoms with Gasteiger partial charge in [0.05, 0.1) is 6.61 Å². The van der Waals surface area contributed by atoms with Gasteiger partial charge in [-0.3, -0.25) is 4.84 Å². The van der Waals surface area contributed by atoms with Crippen LogP contribution in [0.2, 0.25) is 0 Å². The fraction of sp³-hybridized carbons (Fsp3) is 0.312. The van der Waals surface area contributed by atoms with E-state index in [0.29, 0.717) is 5.76 Å². The monoisotopic (exact) mass is 287 g/mol. The third-order valence-electron chi connectivity index (χ3n) is 3.89. The van der Waals surface area contributed by atoms with Crippen molar-refractivity contribution in [1.82, 2.24) is 0 Å². The molecule has 0 atom stereocenters. The summed E-state index contributed by atoms with van der Waals surface area (Å²) in [5.74, 6) is 5.43. The highest BCUT2D eigenvalue weighted by atomic mass is 16.6. The zero-order valence-corrected chi connectivity index (χ0v) is 11.6. The van der Waals surface area contributed by atoms with Gasteiger partial charge >= 0.3 is 5.97 Å². The molecule has 1 aromatic heterocycles. The maximum Gasteiger partial charge on any atom is 0.339 e. The Labute approximate surface area is 122 Å². The Morgan fingerprint density at radius 3 is 2.81 bits per heavy atom. The van der Waals surface area contributed by atoms with Crippen molar-refractivity contribution in [1.29, 1.82) is 0 Å². The van der Waals surface area contributed by atoms with Crippen molar-refractivity contribution in [3.05, 3.63) is 46.7 Å². The number of rotatable bonds is 4. The lowest BCUT2D eigenvalue weighted by Crippen LogP contribution is -2.06. The number of carboxylic acids is 1. The van der Waals surface area contributed by atoms with Crippen LogP contribution in [0.3, 0.4) is 0 Å². The minimum Gasteiger partial charge on any atom is -0.478 e. The van der Waals surface area contributed by atoms with E-state index in [1.54, 1.807) is 0 Å². The van der Waals surface area contributed by atoms with Gasteiger partial charge in [0.2, 0.25) is 0 Å². The van der Waals surface area contributed by atoms with Crippen molar-refractivity contribution in [2.75, 3.05) is 0 Å². The third kappa shape index (κ3) is 2.46. The van der Waals surface area contributed by atoms with Gasteiger partial charge in [-0.2, -0.15) is 0 Å². The molecule has 5 heteroatoms. The minimum atomic E-state index is -0.944. The Morgan fingerprint density at radius 2 is 2.05 bits per heavy atom. The van der Waals surface area contributed by atoms with Crippen LogP contribution in [0.5, 0.6) is 0 Å². The van der Waals surface area contributed by atoms with E-state index >= 15 is 0 Å². The molecule has 5 nitrogen and oxygen atoms in total. The van der Waals surface area contributed by atoms with Gasteiger partial charge in [0, 0.05) is 17.5 Å². The van der Waals surface area contributed by atoms with Crippen molar-refractivity contribution in [3.8, 4) is 11.3 Å². The number of carbonyl (C=O) groups is 1. The summed E-state index contributed by atoms with van der Waals surface area (Å²) < 4.78 is 5.89. The summed E-state index contributed by atoms with van der Waals surface area (Å²) in [5, 5.41) is 9.58. The molecule has 0 spiro atoms. The second-order valence-corrected chi connectivity index (χ2v) is 5.19. The average Bonchev–Trinajstić information content (AvgIpc) is 2.87. The number of aryl methyl sites for hydroxylation is 1. The van der Waals surface area contributed by atoms with E-state index in [-0.39, 0.29) is 12.2 Å². The summed E-state index contributed by atoms with van der Waals surface area (Å²) in [4.78, 5) is 16.4. The second-order valence-electron chi connectivity index (χ2n) is 5.19. The van der Waals surface area contributed by atoms with E-state index in [0.717, 1.165) is 48.1 Å². The maximum absolute atomic E-state index is 11.7. The fourth-order valence-electron chi connectivity index (χ4n) is 2.94. The fourth-order valence-corrected chi connectivity index (χ4v) is 2.94. The molecule has 1 aliphatic carbocycles. The molecule has 1 aliphatic rings. The molecule has 0 amide bonds. The second kappa shape index (κ2) is 5.71. The van der Waals surface area contributed by atoms with Crippen molar-refractivity contribution in [2.24, 2.45) is 5.90 Å². The smallest absolute Gasteiger partial charge is 0.339 e. The van der Waals surface area contributed by atoms with Crippen LogP contribution in [-0.4, -0.2) is 11.1 Å². The van der Waals surface area contributed by atoms with Gasteiger partial charge in [-0.1, -0.05) is 24.3 Å². The number of fused-ring (bicyclic) bond motifs is 1. The van der Waals surface area contributed by atoms with E-state index in [2.05, 4.69) is 0 Å². The molecular formula is C16H17NO4. The van der Waals surface area contributed by atoms with Gasteiger partial charge in [0.15, 0.2) is 0 Å². The first-order valence-electron chi connectivity index (χ1n) is 7.00. The summed E-state index contributed by atoms with van der Waals surface area (Å²) in [7, 11) is 0. The first-order valence-corrected chi connectivity index (χ1v) is 7.00. The van der Waals surface area contributed by atoms with E-state index in [9.17, 15) is 9.90 Å².